The Morgan fingerprint density at radius 2 is 2.05 bits per heavy atom. The van der Waals surface area contributed by atoms with Crippen LogP contribution in [0.2, 0.25) is 0 Å². The molecule has 2 rings (SSSR count). The molecular formula is C12H14N2O5. The summed E-state index contributed by atoms with van der Waals surface area (Å²) < 4.78 is 14.8. The third-order valence-corrected chi connectivity index (χ3v) is 3.00. The number of methoxy groups -OCH3 is 3. The third kappa shape index (κ3) is 2.07. The molecule has 0 fully saturated rings. The van der Waals surface area contributed by atoms with Crippen LogP contribution in [0, 0.1) is 0 Å². The second-order valence-electron chi connectivity index (χ2n) is 3.91. The number of aromatic nitrogens is 1. The van der Waals surface area contributed by atoms with Gasteiger partial charge < -0.3 is 19.5 Å². The molecule has 0 saturated heterocycles. The number of pyridine rings is 1. The van der Waals surface area contributed by atoms with E-state index in [-0.39, 0.29) is 6.54 Å². The number of ether oxygens (including phenoxy) is 3. The van der Waals surface area contributed by atoms with Crippen LogP contribution in [0.4, 0.5) is 5.69 Å². The summed E-state index contributed by atoms with van der Waals surface area (Å²) >= 11 is 0. The molecule has 0 aromatic carbocycles. The predicted molar refractivity (Wildman–Crippen MR) is 65.6 cm³/mol. The van der Waals surface area contributed by atoms with Gasteiger partial charge in [0.2, 0.25) is 11.7 Å². The van der Waals surface area contributed by atoms with Gasteiger partial charge in [-0.05, 0) is 0 Å². The van der Waals surface area contributed by atoms with E-state index in [1.807, 2.05) is 0 Å². The average Bonchev–Trinajstić information content (AvgIpc) is 2.89. The van der Waals surface area contributed by atoms with Gasteiger partial charge in [-0.25, -0.2) is 9.78 Å². The fourth-order valence-corrected chi connectivity index (χ4v) is 2.10. The van der Waals surface area contributed by atoms with Gasteiger partial charge in [0.25, 0.3) is 0 Å². The lowest BCUT2D eigenvalue weighted by Crippen LogP contribution is -2.24. The van der Waals surface area contributed by atoms with Crippen LogP contribution >= 0.6 is 0 Å². The molecule has 1 aliphatic rings. The van der Waals surface area contributed by atoms with Crippen molar-refractivity contribution >= 4 is 17.4 Å². The summed E-state index contributed by atoms with van der Waals surface area (Å²) in [6.07, 6.45) is 1.46. The SMILES string of the molecule is COC(=O)C(=O)C1CNc2c(OC)ncc(OC)c21. The molecule has 1 aromatic heterocycles. The summed E-state index contributed by atoms with van der Waals surface area (Å²) in [5, 5.41) is 3.01. The van der Waals surface area contributed by atoms with Gasteiger partial charge in [-0.1, -0.05) is 0 Å². The van der Waals surface area contributed by atoms with E-state index in [1.54, 1.807) is 0 Å². The molecule has 0 spiro atoms. The van der Waals surface area contributed by atoms with Crippen molar-refractivity contribution < 1.29 is 23.8 Å². The van der Waals surface area contributed by atoms with Crippen LogP contribution in [0.3, 0.4) is 0 Å². The van der Waals surface area contributed by atoms with E-state index in [9.17, 15) is 9.59 Å². The Bertz CT molecular complexity index is 529. The van der Waals surface area contributed by atoms with Crippen LogP contribution in [-0.2, 0) is 14.3 Å². The molecule has 0 aliphatic carbocycles. The number of Topliss-reactive ketones (excluding diaryl/α,β-unsaturated/α-hetero) is 1. The Morgan fingerprint density at radius 1 is 1.32 bits per heavy atom. The number of hydrogen-bond acceptors (Lipinski definition) is 7. The topological polar surface area (TPSA) is 86.8 Å². The number of nitrogens with zero attached hydrogens (tertiary/aromatic N) is 1. The zero-order valence-electron chi connectivity index (χ0n) is 10.9. The standard InChI is InChI=1S/C12H14N2O5/c1-17-7-5-14-11(18-2)9-8(7)6(4-13-9)10(15)12(16)19-3/h5-6,13H,4H2,1-3H3. The minimum Gasteiger partial charge on any atom is -0.495 e. The highest BCUT2D eigenvalue weighted by Gasteiger charge is 2.38. The number of anilines is 1. The molecule has 19 heavy (non-hydrogen) atoms. The van der Waals surface area contributed by atoms with Gasteiger partial charge >= 0.3 is 5.97 Å². The van der Waals surface area contributed by atoms with E-state index in [4.69, 9.17) is 9.47 Å². The first-order chi connectivity index (χ1) is 9.13. The average molecular weight is 266 g/mol. The third-order valence-electron chi connectivity index (χ3n) is 3.00. The van der Waals surface area contributed by atoms with Gasteiger partial charge in [-0.15, -0.1) is 0 Å². The van der Waals surface area contributed by atoms with Crippen molar-refractivity contribution in [1.29, 1.82) is 0 Å². The lowest BCUT2D eigenvalue weighted by Gasteiger charge is -2.12. The number of rotatable bonds is 4. The Balaban J connectivity index is 2.48. The predicted octanol–water partition coefficient (Wildman–Crippen LogP) is 0.350. The Hall–Kier alpha value is -2.31. The smallest absolute Gasteiger partial charge is 0.375 e. The maximum Gasteiger partial charge on any atom is 0.375 e. The number of esters is 1. The molecule has 0 bridgehead atoms. The minimum atomic E-state index is -0.877. The monoisotopic (exact) mass is 266 g/mol. The number of ketones is 1. The van der Waals surface area contributed by atoms with E-state index in [1.165, 1.54) is 27.5 Å². The van der Waals surface area contributed by atoms with Crippen LogP contribution in [0.15, 0.2) is 6.20 Å². The molecule has 1 atom stereocenters. The van der Waals surface area contributed by atoms with E-state index < -0.39 is 17.7 Å². The molecule has 7 heteroatoms. The zero-order chi connectivity index (χ0) is 14.0. The van der Waals surface area contributed by atoms with Crippen LogP contribution in [0.25, 0.3) is 0 Å². The van der Waals surface area contributed by atoms with Gasteiger partial charge in [0.1, 0.15) is 11.4 Å². The first-order valence-corrected chi connectivity index (χ1v) is 5.60. The largest absolute Gasteiger partial charge is 0.495 e. The molecule has 2 heterocycles. The highest BCUT2D eigenvalue weighted by Crippen LogP contribution is 2.43. The highest BCUT2D eigenvalue weighted by atomic mass is 16.5. The summed E-state index contributed by atoms with van der Waals surface area (Å²) in [6.45, 7) is 0.279. The lowest BCUT2D eigenvalue weighted by atomic mass is 9.96. The molecule has 7 nitrogen and oxygen atoms in total. The molecule has 1 aromatic rings. The van der Waals surface area contributed by atoms with Crippen molar-refractivity contribution in [3.8, 4) is 11.6 Å². The maximum atomic E-state index is 12.0. The fraction of sp³-hybridized carbons (Fsp3) is 0.417. The van der Waals surface area contributed by atoms with Crippen molar-refractivity contribution in [2.24, 2.45) is 0 Å². The normalized spacial score (nSPS) is 16.3. The summed E-state index contributed by atoms with van der Waals surface area (Å²) in [6, 6.07) is 0. The summed E-state index contributed by atoms with van der Waals surface area (Å²) in [7, 11) is 4.13. The Morgan fingerprint density at radius 3 is 2.63 bits per heavy atom. The summed E-state index contributed by atoms with van der Waals surface area (Å²) in [4.78, 5) is 27.4. The molecule has 1 aliphatic heterocycles. The second-order valence-corrected chi connectivity index (χ2v) is 3.91. The van der Waals surface area contributed by atoms with Gasteiger partial charge in [0, 0.05) is 12.1 Å². The van der Waals surface area contributed by atoms with E-state index in [0.717, 1.165) is 0 Å². The maximum absolute atomic E-state index is 12.0. The molecule has 102 valence electrons. The van der Waals surface area contributed by atoms with E-state index in [2.05, 4.69) is 15.0 Å². The Kier molecular flexibility index (Phi) is 3.55. The van der Waals surface area contributed by atoms with Crippen molar-refractivity contribution in [1.82, 2.24) is 4.98 Å². The number of nitrogens with one attached hydrogen (secondary N) is 1. The lowest BCUT2D eigenvalue weighted by molar-refractivity contribution is -0.152. The zero-order valence-corrected chi connectivity index (χ0v) is 10.9. The van der Waals surface area contributed by atoms with Gasteiger partial charge in [0.05, 0.1) is 33.4 Å². The number of fused-ring (bicyclic) bond motifs is 1. The second kappa shape index (κ2) is 5.13. The molecule has 1 N–H and O–H groups in total. The van der Waals surface area contributed by atoms with Gasteiger partial charge in [0.15, 0.2) is 0 Å². The number of carbonyl (C=O) groups is 2. The van der Waals surface area contributed by atoms with Crippen LogP contribution < -0.4 is 14.8 Å². The van der Waals surface area contributed by atoms with Crippen LogP contribution in [0.5, 0.6) is 11.6 Å². The summed E-state index contributed by atoms with van der Waals surface area (Å²) in [5.74, 6) is -1.37. The van der Waals surface area contributed by atoms with Crippen molar-refractivity contribution in [2.75, 3.05) is 33.2 Å². The first-order valence-electron chi connectivity index (χ1n) is 5.60. The van der Waals surface area contributed by atoms with E-state index in [0.29, 0.717) is 22.9 Å². The van der Waals surface area contributed by atoms with Crippen molar-refractivity contribution in [2.45, 2.75) is 5.92 Å². The van der Waals surface area contributed by atoms with Gasteiger partial charge in [-0.2, -0.15) is 0 Å². The van der Waals surface area contributed by atoms with Gasteiger partial charge in [-0.3, -0.25) is 4.79 Å². The fourth-order valence-electron chi connectivity index (χ4n) is 2.10. The molecule has 0 radical (unpaired) electrons. The molecular weight excluding hydrogens is 252 g/mol. The number of carbonyl (C=O) groups excluding carboxylic acids is 2. The highest BCUT2D eigenvalue weighted by molar-refractivity contribution is 6.36. The van der Waals surface area contributed by atoms with Crippen molar-refractivity contribution in [3.05, 3.63) is 11.8 Å². The Labute approximate surface area is 109 Å². The summed E-state index contributed by atoms with van der Waals surface area (Å²) in [5.41, 5.74) is 1.15. The first kappa shape index (κ1) is 13.1. The number of hydrogen-bond donors (Lipinski definition) is 1. The quantitative estimate of drug-likeness (QED) is 0.621. The molecule has 1 unspecified atom stereocenters. The molecule has 0 amide bonds. The molecule has 0 saturated carbocycles. The van der Waals surface area contributed by atoms with Crippen molar-refractivity contribution in [3.63, 3.8) is 0 Å². The van der Waals surface area contributed by atoms with Crippen LogP contribution in [-0.4, -0.2) is 44.6 Å². The van der Waals surface area contributed by atoms with E-state index >= 15 is 0 Å². The van der Waals surface area contributed by atoms with Crippen LogP contribution in [0.1, 0.15) is 11.5 Å². The minimum absolute atomic E-state index is 0.279.